The monoisotopic (exact) mass is 241 g/mol. The number of hydrogen-bond donors (Lipinski definition) is 1. The Kier molecular flexibility index (Phi) is 4.78. The predicted molar refractivity (Wildman–Crippen MR) is 58.6 cm³/mol. The number of carboxylic acids is 1. The quantitative estimate of drug-likeness (QED) is 0.621. The average molecular weight is 241 g/mol. The number of hydrogen-bond acceptors (Lipinski definition) is 5. The van der Waals surface area contributed by atoms with Gasteiger partial charge >= 0.3 is 11.9 Å². The fraction of sp³-hybridized carbons (Fsp3) is 0.300. The fourth-order valence-electron chi connectivity index (χ4n) is 1.01. The van der Waals surface area contributed by atoms with Gasteiger partial charge in [-0.3, -0.25) is 9.78 Å². The summed E-state index contributed by atoms with van der Waals surface area (Å²) in [6, 6.07) is 1.40. The third kappa shape index (κ3) is 3.54. The molecule has 1 aromatic rings. The molecule has 0 unspecified atom stereocenters. The normalized spacial score (nSPS) is 9.81. The van der Waals surface area contributed by atoms with Gasteiger partial charge in [-0.25, -0.2) is 4.79 Å². The van der Waals surface area contributed by atoms with Crippen LogP contribution in [0.1, 0.15) is 17.3 Å². The summed E-state index contributed by atoms with van der Waals surface area (Å²) in [6.07, 6.45) is 2.82. The summed E-state index contributed by atoms with van der Waals surface area (Å²) in [5.41, 5.74) is 0.143. The number of esters is 1. The Morgan fingerprint density at radius 2 is 2.31 bits per heavy atom. The maximum atomic E-state index is 11.1. The lowest BCUT2D eigenvalue weighted by atomic mass is 10.3. The average Bonchev–Trinajstić information content (AvgIpc) is 2.27. The fourth-order valence-corrected chi connectivity index (χ4v) is 1.81. The largest absolute Gasteiger partial charge is 0.478 e. The second kappa shape index (κ2) is 6.12. The van der Waals surface area contributed by atoms with Gasteiger partial charge in [0.05, 0.1) is 17.9 Å². The van der Waals surface area contributed by atoms with Crippen molar-refractivity contribution >= 4 is 23.7 Å². The van der Waals surface area contributed by atoms with Crippen LogP contribution in [0.25, 0.3) is 0 Å². The third-order valence-corrected chi connectivity index (χ3v) is 2.68. The summed E-state index contributed by atoms with van der Waals surface area (Å²) in [5, 5.41) is 8.88. The van der Waals surface area contributed by atoms with Crippen LogP contribution in [-0.4, -0.2) is 34.4 Å². The molecule has 5 nitrogen and oxygen atoms in total. The standard InChI is InChI=1S/C10H11NO4S/c1-2-15-9(12)6-16-8-5-11-4-3-7(8)10(13)14/h3-5H,2,6H2,1H3,(H,13,14). The molecule has 0 aliphatic rings. The van der Waals surface area contributed by atoms with E-state index in [9.17, 15) is 9.59 Å². The van der Waals surface area contributed by atoms with Crippen molar-refractivity contribution in [2.75, 3.05) is 12.4 Å². The van der Waals surface area contributed by atoms with Crippen molar-refractivity contribution in [2.24, 2.45) is 0 Å². The minimum Gasteiger partial charge on any atom is -0.478 e. The van der Waals surface area contributed by atoms with E-state index in [4.69, 9.17) is 9.84 Å². The molecule has 0 radical (unpaired) electrons. The van der Waals surface area contributed by atoms with Crippen LogP contribution in [-0.2, 0) is 9.53 Å². The summed E-state index contributed by atoms with van der Waals surface area (Å²) in [7, 11) is 0. The Morgan fingerprint density at radius 1 is 1.56 bits per heavy atom. The van der Waals surface area contributed by atoms with E-state index in [0.29, 0.717) is 11.5 Å². The Labute approximate surface area is 96.8 Å². The number of nitrogens with zero attached hydrogens (tertiary/aromatic N) is 1. The number of aromatic nitrogens is 1. The summed E-state index contributed by atoms with van der Waals surface area (Å²) >= 11 is 1.11. The van der Waals surface area contributed by atoms with Crippen molar-refractivity contribution in [1.29, 1.82) is 0 Å². The Morgan fingerprint density at radius 3 is 2.94 bits per heavy atom. The molecule has 0 bridgehead atoms. The van der Waals surface area contributed by atoms with E-state index in [1.807, 2.05) is 0 Å². The number of carbonyl (C=O) groups excluding carboxylic acids is 1. The van der Waals surface area contributed by atoms with Crippen LogP contribution in [0, 0.1) is 0 Å². The molecule has 1 heterocycles. The Hall–Kier alpha value is -1.56. The first-order valence-corrected chi connectivity index (χ1v) is 5.59. The van der Waals surface area contributed by atoms with Crippen LogP contribution < -0.4 is 0 Å². The van der Waals surface area contributed by atoms with Crippen LogP contribution in [0.2, 0.25) is 0 Å². The highest BCUT2D eigenvalue weighted by Crippen LogP contribution is 2.21. The Balaban J connectivity index is 2.66. The van der Waals surface area contributed by atoms with E-state index in [1.54, 1.807) is 6.92 Å². The van der Waals surface area contributed by atoms with Crippen molar-refractivity contribution in [3.8, 4) is 0 Å². The molecular weight excluding hydrogens is 230 g/mol. The van der Waals surface area contributed by atoms with Crippen molar-refractivity contribution in [3.05, 3.63) is 24.0 Å². The molecule has 0 saturated heterocycles. The zero-order valence-electron chi connectivity index (χ0n) is 8.67. The SMILES string of the molecule is CCOC(=O)CSc1cnccc1C(=O)O. The molecule has 6 heteroatoms. The number of ether oxygens (including phenoxy) is 1. The van der Waals surface area contributed by atoms with E-state index in [1.165, 1.54) is 18.5 Å². The van der Waals surface area contributed by atoms with Gasteiger partial charge in [-0.05, 0) is 13.0 Å². The van der Waals surface area contributed by atoms with Crippen LogP contribution >= 0.6 is 11.8 Å². The molecule has 0 aliphatic heterocycles. The maximum absolute atomic E-state index is 11.1. The highest BCUT2D eigenvalue weighted by atomic mass is 32.2. The first-order chi connectivity index (χ1) is 7.65. The van der Waals surface area contributed by atoms with Crippen LogP contribution in [0.4, 0.5) is 0 Å². The molecule has 16 heavy (non-hydrogen) atoms. The summed E-state index contributed by atoms with van der Waals surface area (Å²) < 4.78 is 4.74. The molecule has 1 N–H and O–H groups in total. The highest BCUT2D eigenvalue weighted by molar-refractivity contribution is 8.00. The molecule has 0 spiro atoms. The highest BCUT2D eigenvalue weighted by Gasteiger charge is 2.11. The Bertz CT molecular complexity index is 394. The molecule has 0 atom stereocenters. The van der Waals surface area contributed by atoms with Gasteiger partial charge in [0.25, 0.3) is 0 Å². The zero-order chi connectivity index (χ0) is 12.0. The number of pyridine rings is 1. The van der Waals surface area contributed by atoms with Crippen molar-refractivity contribution in [2.45, 2.75) is 11.8 Å². The van der Waals surface area contributed by atoms with Gasteiger partial charge in [0.15, 0.2) is 0 Å². The van der Waals surface area contributed by atoms with E-state index in [-0.39, 0.29) is 17.3 Å². The van der Waals surface area contributed by atoms with Gasteiger partial charge in [-0.15, -0.1) is 11.8 Å². The minimum atomic E-state index is -1.03. The minimum absolute atomic E-state index is 0.0831. The number of thioether (sulfide) groups is 1. The van der Waals surface area contributed by atoms with Gasteiger partial charge in [0.2, 0.25) is 0 Å². The smallest absolute Gasteiger partial charge is 0.336 e. The number of carboxylic acid groups (broad SMARTS) is 1. The summed E-state index contributed by atoms with van der Waals surface area (Å²) in [6.45, 7) is 2.04. The van der Waals surface area contributed by atoms with Gasteiger partial charge < -0.3 is 9.84 Å². The van der Waals surface area contributed by atoms with E-state index >= 15 is 0 Å². The zero-order valence-corrected chi connectivity index (χ0v) is 9.49. The first-order valence-electron chi connectivity index (χ1n) is 4.61. The van der Waals surface area contributed by atoms with Crippen LogP contribution in [0.3, 0.4) is 0 Å². The second-order valence-corrected chi connectivity index (χ2v) is 3.79. The van der Waals surface area contributed by atoms with E-state index < -0.39 is 5.97 Å². The van der Waals surface area contributed by atoms with Gasteiger partial charge in [0.1, 0.15) is 0 Å². The van der Waals surface area contributed by atoms with Gasteiger partial charge in [-0.2, -0.15) is 0 Å². The summed E-state index contributed by atoms with van der Waals surface area (Å²) in [5.74, 6) is -1.32. The van der Waals surface area contributed by atoms with Gasteiger partial charge in [0, 0.05) is 17.3 Å². The lowest BCUT2D eigenvalue weighted by Crippen LogP contribution is -2.07. The molecule has 86 valence electrons. The van der Waals surface area contributed by atoms with Gasteiger partial charge in [-0.1, -0.05) is 0 Å². The molecule has 0 aromatic carbocycles. The number of rotatable bonds is 5. The molecule has 0 aliphatic carbocycles. The third-order valence-electron chi connectivity index (χ3n) is 1.67. The predicted octanol–water partition coefficient (Wildman–Crippen LogP) is 1.44. The van der Waals surface area contributed by atoms with E-state index in [2.05, 4.69) is 4.98 Å². The molecule has 0 fully saturated rings. The van der Waals surface area contributed by atoms with Crippen LogP contribution in [0.5, 0.6) is 0 Å². The second-order valence-electron chi connectivity index (χ2n) is 2.77. The number of aromatic carboxylic acids is 1. The molecular formula is C10H11NO4S. The topological polar surface area (TPSA) is 76.5 Å². The van der Waals surface area contributed by atoms with Crippen molar-refractivity contribution in [3.63, 3.8) is 0 Å². The maximum Gasteiger partial charge on any atom is 0.336 e. The molecule has 0 saturated carbocycles. The lowest BCUT2D eigenvalue weighted by Gasteiger charge is -2.04. The van der Waals surface area contributed by atoms with E-state index in [0.717, 1.165) is 11.8 Å². The first kappa shape index (κ1) is 12.5. The molecule has 1 aromatic heterocycles. The van der Waals surface area contributed by atoms with Crippen molar-refractivity contribution in [1.82, 2.24) is 4.98 Å². The lowest BCUT2D eigenvalue weighted by molar-refractivity contribution is -0.139. The van der Waals surface area contributed by atoms with Crippen LogP contribution in [0.15, 0.2) is 23.4 Å². The molecule has 0 amide bonds. The number of carbonyl (C=O) groups is 2. The summed E-state index contributed by atoms with van der Waals surface area (Å²) in [4.78, 5) is 26.2. The van der Waals surface area contributed by atoms with Crippen molar-refractivity contribution < 1.29 is 19.4 Å². The molecule has 1 rings (SSSR count).